The summed E-state index contributed by atoms with van der Waals surface area (Å²) < 4.78 is 0. The molecule has 1 aromatic carbocycles. The van der Waals surface area contributed by atoms with Gasteiger partial charge in [-0.15, -0.1) is 0 Å². The number of hydrogen-bond donors (Lipinski definition) is 1. The summed E-state index contributed by atoms with van der Waals surface area (Å²) in [5, 5.41) is 3.79. The lowest BCUT2D eigenvalue weighted by Crippen LogP contribution is -2.36. The highest BCUT2D eigenvalue weighted by Gasteiger charge is 2.32. The quantitative estimate of drug-likeness (QED) is 0.905. The Balaban J connectivity index is 1.51. The first-order valence-electron chi connectivity index (χ1n) is 8.47. The number of nitrogens with zero attached hydrogens (tertiary/aromatic N) is 2. The highest BCUT2D eigenvalue weighted by molar-refractivity contribution is 6.30. The minimum absolute atomic E-state index is 0.00471. The van der Waals surface area contributed by atoms with E-state index in [4.69, 9.17) is 11.6 Å². The van der Waals surface area contributed by atoms with Crippen molar-refractivity contribution in [3.8, 4) is 0 Å². The molecule has 5 nitrogen and oxygen atoms in total. The van der Waals surface area contributed by atoms with E-state index in [1.165, 1.54) is 11.3 Å². The van der Waals surface area contributed by atoms with Gasteiger partial charge in [-0.1, -0.05) is 17.7 Å². The molecule has 2 amide bonds. The number of hydrogen-bond acceptors (Lipinski definition) is 3. The molecule has 2 fully saturated rings. The second-order valence-corrected chi connectivity index (χ2v) is 7.39. The maximum Gasteiger partial charge on any atom is 0.225 e. The van der Waals surface area contributed by atoms with E-state index in [1.54, 1.807) is 11.9 Å². The predicted octanol–water partition coefficient (Wildman–Crippen LogP) is 2.07. The van der Waals surface area contributed by atoms with Gasteiger partial charge in [-0.05, 0) is 37.0 Å². The largest absolute Gasteiger partial charge is 0.371 e. The lowest BCUT2D eigenvalue weighted by Gasteiger charge is -2.21. The lowest BCUT2D eigenvalue weighted by molar-refractivity contribution is -0.128. The van der Waals surface area contributed by atoms with E-state index in [2.05, 4.69) is 17.1 Å². The van der Waals surface area contributed by atoms with Gasteiger partial charge in [0.1, 0.15) is 0 Å². The maximum atomic E-state index is 12.2. The molecular weight excluding hydrogens is 326 g/mol. The highest BCUT2D eigenvalue weighted by Crippen LogP contribution is 2.29. The van der Waals surface area contributed by atoms with E-state index in [0.29, 0.717) is 25.4 Å². The number of rotatable bonds is 4. The van der Waals surface area contributed by atoms with Crippen molar-refractivity contribution in [2.45, 2.75) is 19.8 Å². The third-order valence-corrected chi connectivity index (χ3v) is 5.31. The normalized spacial score (nSPS) is 23.9. The Hall–Kier alpha value is -1.75. The zero-order valence-corrected chi connectivity index (χ0v) is 15.0. The summed E-state index contributed by atoms with van der Waals surface area (Å²) in [5.74, 6) is 0.293. The molecule has 0 radical (unpaired) electrons. The Morgan fingerprint density at radius 1 is 1.38 bits per heavy atom. The van der Waals surface area contributed by atoms with E-state index in [1.807, 2.05) is 18.2 Å². The van der Waals surface area contributed by atoms with Crippen LogP contribution in [0.25, 0.3) is 0 Å². The zero-order valence-electron chi connectivity index (χ0n) is 14.2. The van der Waals surface area contributed by atoms with Gasteiger partial charge in [-0.25, -0.2) is 0 Å². The number of halogens is 1. The molecule has 2 saturated heterocycles. The average Bonchev–Trinajstić information content (AvgIpc) is 3.15. The zero-order chi connectivity index (χ0) is 17.3. The summed E-state index contributed by atoms with van der Waals surface area (Å²) in [5.41, 5.74) is 2.40. The number of carbonyl (C=O) groups is 2. The number of benzene rings is 1. The smallest absolute Gasteiger partial charge is 0.225 e. The van der Waals surface area contributed by atoms with Crippen LogP contribution >= 0.6 is 11.6 Å². The van der Waals surface area contributed by atoms with Crippen LogP contribution in [0.5, 0.6) is 0 Å². The van der Waals surface area contributed by atoms with Gasteiger partial charge < -0.3 is 15.1 Å². The summed E-state index contributed by atoms with van der Waals surface area (Å²) in [4.78, 5) is 27.7. The lowest BCUT2D eigenvalue weighted by atomic mass is 10.1. The Kier molecular flexibility index (Phi) is 4.99. The fourth-order valence-electron chi connectivity index (χ4n) is 3.57. The minimum Gasteiger partial charge on any atom is -0.371 e. The minimum atomic E-state index is -0.199. The Morgan fingerprint density at radius 2 is 2.17 bits per heavy atom. The van der Waals surface area contributed by atoms with E-state index >= 15 is 0 Å². The molecule has 6 heteroatoms. The van der Waals surface area contributed by atoms with Gasteiger partial charge in [-0.2, -0.15) is 0 Å². The molecular formula is C18H24ClN3O2. The van der Waals surface area contributed by atoms with Crippen LogP contribution in [-0.4, -0.2) is 49.9 Å². The fraction of sp³-hybridized carbons (Fsp3) is 0.556. The topological polar surface area (TPSA) is 52.7 Å². The summed E-state index contributed by atoms with van der Waals surface area (Å²) >= 11 is 6.12. The number of carbonyl (C=O) groups excluding carboxylic acids is 2. The van der Waals surface area contributed by atoms with Crippen LogP contribution in [0.15, 0.2) is 18.2 Å². The van der Waals surface area contributed by atoms with Gasteiger partial charge in [0.25, 0.3) is 0 Å². The number of nitrogens with one attached hydrogen (secondary N) is 1. The van der Waals surface area contributed by atoms with Crippen LogP contribution in [0.1, 0.15) is 18.4 Å². The standard InChI is InChI=1S/C18H24ClN3O2/c1-12-3-4-15(19)8-16(12)22-6-5-13(10-22)9-20-18(24)14-7-17(23)21(2)11-14/h3-4,8,13-14H,5-7,9-11H2,1-2H3,(H,20,24)/t13-,14-/m0/s1. The van der Waals surface area contributed by atoms with E-state index in [-0.39, 0.29) is 17.7 Å². The molecule has 0 saturated carbocycles. The van der Waals surface area contributed by atoms with Crippen molar-refractivity contribution < 1.29 is 9.59 Å². The molecule has 2 atom stereocenters. The second kappa shape index (κ2) is 7.01. The third-order valence-electron chi connectivity index (χ3n) is 5.07. The molecule has 24 heavy (non-hydrogen) atoms. The first-order chi connectivity index (χ1) is 11.4. The van der Waals surface area contributed by atoms with Crippen molar-refractivity contribution in [2.24, 2.45) is 11.8 Å². The van der Waals surface area contributed by atoms with Gasteiger partial charge in [0.2, 0.25) is 11.8 Å². The molecule has 3 rings (SSSR count). The van der Waals surface area contributed by atoms with Crippen LogP contribution in [-0.2, 0) is 9.59 Å². The van der Waals surface area contributed by atoms with Crippen LogP contribution in [0.2, 0.25) is 5.02 Å². The maximum absolute atomic E-state index is 12.2. The second-order valence-electron chi connectivity index (χ2n) is 6.95. The summed E-state index contributed by atoms with van der Waals surface area (Å²) in [6, 6.07) is 5.96. The fourth-order valence-corrected chi connectivity index (χ4v) is 3.74. The van der Waals surface area contributed by atoms with Crippen molar-refractivity contribution >= 4 is 29.1 Å². The number of aryl methyl sites for hydroxylation is 1. The van der Waals surface area contributed by atoms with Crippen LogP contribution in [0, 0.1) is 18.8 Å². The first kappa shape index (κ1) is 17.1. The molecule has 0 aromatic heterocycles. The van der Waals surface area contributed by atoms with Crippen molar-refractivity contribution in [3.05, 3.63) is 28.8 Å². The molecule has 1 N–H and O–H groups in total. The Bertz CT molecular complexity index is 649. The Labute approximate surface area is 147 Å². The monoisotopic (exact) mass is 349 g/mol. The van der Waals surface area contributed by atoms with Crippen molar-refractivity contribution in [1.29, 1.82) is 0 Å². The van der Waals surface area contributed by atoms with Crippen LogP contribution < -0.4 is 10.2 Å². The van der Waals surface area contributed by atoms with Gasteiger partial charge in [-0.3, -0.25) is 9.59 Å². The summed E-state index contributed by atoms with van der Waals surface area (Å²) in [6.07, 6.45) is 1.39. The number of likely N-dealkylation sites (tertiary alicyclic amines) is 1. The molecule has 2 heterocycles. The molecule has 1 aromatic rings. The van der Waals surface area contributed by atoms with Gasteiger partial charge in [0.05, 0.1) is 5.92 Å². The third kappa shape index (κ3) is 3.66. The van der Waals surface area contributed by atoms with Gasteiger partial charge >= 0.3 is 0 Å². The molecule has 0 unspecified atom stereocenters. The van der Waals surface area contributed by atoms with E-state index in [0.717, 1.165) is 24.5 Å². The molecule has 0 spiro atoms. The molecule has 130 valence electrons. The van der Waals surface area contributed by atoms with E-state index in [9.17, 15) is 9.59 Å². The molecule has 2 aliphatic rings. The number of anilines is 1. The van der Waals surface area contributed by atoms with Crippen LogP contribution in [0.4, 0.5) is 5.69 Å². The highest BCUT2D eigenvalue weighted by atomic mass is 35.5. The summed E-state index contributed by atoms with van der Waals surface area (Å²) in [6.45, 7) is 5.19. The first-order valence-corrected chi connectivity index (χ1v) is 8.84. The number of amides is 2. The molecule has 0 aliphatic carbocycles. The molecule has 0 bridgehead atoms. The van der Waals surface area contributed by atoms with E-state index < -0.39 is 0 Å². The summed E-state index contributed by atoms with van der Waals surface area (Å²) in [7, 11) is 1.75. The van der Waals surface area contributed by atoms with Crippen molar-refractivity contribution in [1.82, 2.24) is 10.2 Å². The molecule has 2 aliphatic heterocycles. The SMILES string of the molecule is Cc1ccc(Cl)cc1N1CC[C@@H](CNC(=O)[C@H]2CC(=O)N(C)C2)C1. The predicted molar refractivity (Wildman–Crippen MR) is 95.3 cm³/mol. The van der Waals surface area contributed by atoms with Crippen molar-refractivity contribution in [3.63, 3.8) is 0 Å². The average molecular weight is 350 g/mol. The van der Waals surface area contributed by atoms with Gasteiger partial charge in [0.15, 0.2) is 0 Å². The Morgan fingerprint density at radius 3 is 2.88 bits per heavy atom. The van der Waals surface area contributed by atoms with Gasteiger partial charge in [0, 0.05) is 50.4 Å². The van der Waals surface area contributed by atoms with Crippen LogP contribution in [0.3, 0.4) is 0 Å². The van der Waals surface area contributed by atoms with Crippen molar-refractivity contribution in [2.75, 3.05) is 38.1 Å².